The Morgan fingerprint density at radius 1 is 0.280 bits per heavy atom. The first-order chi connectivity index (χ1) is 24.3. The second-order valence-corrected chi connectivity index (χ2v) is 12.4. The van der Waals surface area contributed by atoms with E-state index < -0.39 is 0 Å². The van der Waals surface area contributed by atoms with E-state index in [4.69, 9.17) is 15.0 Å². The summed E-state index contributed by atoms with van der Waals surface area (Å²) in [6, 6.07) is 61.8. The van der Waals surface area contributed by atoms with E-state index >= 15 is 0 Å². The third-order valence-corrected chi connectivity index (χ3v) is 9.43. The Labute approximate surface area is 293 Å². The van der Waals surface area contributed by atoms with E-state index in [2.05, 4.69) is 140 Å². The minimum Gasteiger partial charge on any atom is -0.208 e. The summed E-state index contributed by atoms with van der Waals surface area (Å²) in [5.74, 6) is 2.04. The normalized spacial score (nSPS) is 11.4. The van der Waals surface area contributed by atoms with Gasteiger partial charge in [0, 0.05) is 23.1 Å². The summed E-state index contributed by atoms with van der Waals surface area (Å²) in [7, 11) is 0. The monoisotopic (exact) mass is 641 g/mol. The molecule has 3 nitrogen and oxygen atoms in total. The average Bonchev–Trinajstić information content (AvgIpc) is 3.58. The molecule has 1 aliphatic carbocycles. The third kappa shape index (κ3) is 5.69. The van der Waals surface area contributed by atoms with Crippen LogP contribution in [0.5, 0.6) is 0 Å². The van der Waals surface area contributed by atoms with Gasteiger partial charge in [0.05, 0.1) is 0 Å². The van der Waals surface area contributed by atoms with Crippen molar-refractivity contribution in [2.45, 2.75) is 13.8 Å². The molecule has 7 aromatic carbocycles. The van der Waals surface area contributed by atoms with Crippen LogP contribution in [0.15, 0.2) is 176 Å². The zero-order valence-electron chi connectivity index (χ0n) is 26.8. The SMILES string of the molecule is C.c1ccc(-c2cccc(-c3ccc(-c4cccc5c4Cc4c(-c6nc(-c7ccccc7)nc(-c7ccccc7)n6)cccc4-5)cc3)c2)cc1. The van der Waals surface area contributed by atoms with Crippen LogP contribution in [0.4, 0.5) is 0 Å². The van der Waals surface area contributed by atoms with Crippen LogP contribution in [-0.4, -0.2) is 15.0 Å². The van der Waals surface area contributed by atoms with E-state index in [0.717, 1.165) is 23.1 Å². The van der Waals surface area contributed by atoms with Crippen molar-refractivity contribution in [3.05, 3.63) is 187 Å². The molecule has 0 spiro atoms. The molecule has 50 heavy (non-hydrogen) atoms. The van der Waals surface area contributed by atoms with Crippen molar-refractivity contribution in [2.24, 2.45) is 0 Å². The number of aromatic nitrogens is 3. The van der Waals surface area contributed by atoms with Crippen LogP contribution in [0.1, 0.15) is 18.6 Å². The predicted molar refractivity (Wildman–Crippen MR) is 207 cm³/mol. The number of fused-ring (bicyclic) bond motifs is 3. The summed E-state index contributed by atoms with van der Waals surface area (Å²) < 4.78 is 0. The standard InChI is InChI=1S/C46H31N3.CH4/c1-4-13-31(14-5-1)36-19-10-20-37(29-36)32-25-27-33(28-26-32)38-21-11-22-39-40-23-12-24-41(43(40)30-42(38)39)46-48-44(34-15-6-2-7-16-34)47-45(49-46)35-17-8-3-9-18-35;/h1-29H,30H2;1H4. The maximum Gasteiger partial charge on any atom is 0.164 e. The van der Waals surface area contributed by atoms with Gasteiger partial charge in [0.25, 0.3) is 0 Å². The topological polar surface area (TPSA) is 38.7 Å². The molecule has 0 aliphatic heterocycles. The summed E-state index contributed by atoms with van der Waals surface area (Å²) in [5, 5.41) is 0. The van der Waals surface area contributed by atoms with Crippen molar-refractivity contribution in [2.75, 3.05) is 0 Å². The molecule has 0 radical (unpaired) electrons. The Morgan fingerprint density at radius 2 is 0.660 bits per heavy atom. The summed E-state index contributed by atoms with van der Waals surface area (Å²) in [5.41, 5.74) is 15.4. The number of rotatable bonds is 6. The lowest BCUT2D eigenvalue weighted by Gasteiger charge is -2.11. The van der Waals surface area contributed by atoms with Crippen LogP contribution in [0.3, 0.4) is 0 Å². The van der Waals surface area contributed by atoms with Gasteiger partial charge in [-0.2, -0.15) is 0 Å². The lowest BCUT2D eigenvalue weighted by Crippen LogP contribution is -2.01. The largest absolute Gasteiger partial charge is 0.208 e. The Morgan fingerprint density at radius 3 is 1.22 bits per heavy atom. The van der Waals surface area contributed by atoms with Crippen molar-refractivity contribution in [1.29, 1.82) is 0 Å². The minimum atomic E-state index is 0. The highest BCUT2D eigenvalue weighted by molar-refractivity contribution is 5.89. The molecule has 0 unspecified atom stereocenters. The van der Waals surface area contributed by atoms with Crippen LogP contribution in [0.2, 0.25) is 0 Å². The summed E-state index contributed by atoms with van der Waals surface area (Å²) in [6.07, 6.45) is 0.810. The molecule has 0 saturated heterocycles. The molecule has 8 aromatic rings. The maximum atomic E-state index is 5.06. The summed E-state index contributed by atoms with van der Waals surface area (Å²) in [4.78, 5) is 15.0. The molecule has 0 saturated carbocycles. The van der Waals surface area contributed by atoms with E-state index in [0.29, 0.717) is 17.5 Å². The molecular formula is C47H35N3. The van der Waals surface area contributed by atoms with Gasteiger partial charge in [-0.05, 0) is 61.7 Å². The number of hydrogen-bond donors (Lipinski definition) is 0. The van der Waals surface area contributed by atoms with Crippen molar-refractivity contribution in [1.82, 2.24) is 15.0 Å². The molecule has 1 aliphatic rings. The van der Waals surface area contributed by atoms with Crippen LogP contribution in [0.25, 0.3) is 78.7 Å². The van der Waals surface area contributed by atoms with E-state index in [1.165, 1.54) is 55.6 Å². The van der Waals surface area contributed by atoms with Crippen molar-refractivity contribution in [3.8, 4) is 78.7 Å². The summed E-state index contributed by atoms with van der Waals surface area (Å²) in [6.45, 7) is 0. The highest BCUT2D eigenvalue weighted by Crippen LogP contribution is 2.45. The second kappa shape index (κ2) is 13.2. The molecule has 1 aromatic heterocycles. The van der Waals surface area contributed by atoms with Gasteiger partial charge in [-0.15, -0.1) is 0 Å². The zero-order valence-corrected chi connectivity index (χ0v) is 26.8. The molecule has 1 heterocycles. The fourth-order valence-electron chi connectivity index (χ4n) is 7.00. The lowest BCUT2D eigenvalue weighted by atomic mass is 9.93. The highest BCUT2D eigenvalue weighted by atomic mass is 15.0. The van der Waals surface area contributed by atoms with Gasteiger partial charge in [-0.25, -0.2) is 15.0 Å². The van der Waals surface area contributed by atoms with Gasteiger partial charge in [-0.3, -0.25) is 0 Å². The van der Waals surface area contributed by atoms with Gasteiger partial charge in [0.2, 0.25) is 0 Å². The fourth-order valence-corrected chi connectivity index (χ4v) is 7.00. The van der Waals surface area contributed by atoms with Crippen LogP contribution in [0, 0.1) is 0 Å². The summed E-state index contributed by atoms with van der Waals surface area (Å²) >= 11 is 0. The Hall–Kier alpha value is -6.45. The lowest BCUT2D eigenvalue weighted by molar-refractivity contribution is 1.07. The molecule has 0 fully saturated rings. The van der Waals surface area contributed by atoms with Crippen LogP contribution < -0.4 is 0 Å². The van der Waals surface area contributed by atoms with Crippen LogP contribution in [-0.2, 0) is 6.42 Å². The highest BCUT2D eigenvalue weighted by Gasteiger charge is 2.26. The van der Waals surface area contributed by atoms with E-state index in [-0.39, 0.29) is 7.43 Å². The van der Waals surface area contributed by atoms with Crippen molar-refractivity contribution >= 4 is 0 Å². The smallest absolute Gasteiger partial charge is 0.164 e. The Bertz CT molecular complexity index is 2380. The molecule has 0 amide bonds. The van der Waals surface area contributed by atoms with Gasteiger partial charge in [-0.1, -0.05) is 177 Å². The Balaban J connectivity index is 0.00000361. The molecule has 0 bridgehead atoms. The first-order valence-electron chi connectivity index (χ1n) is 16.7. The zero-order chi connectivity index (χ0) is 32.6. The van der Waals surface area contributed by atoms with Crippen molar-refractivity contribution in [3.63, 3.8) is 0 Å². The fraction of sp³-hybridized carbons (Fsp3) is 0.0426. The number of nitrogens with zero attached hydrogens (tertiary/aromatic N) is 3. The first-order valence-corrected chi connectivity index (χ1v) is 16.7. The third-order valence-electron chi connectivity index (χ3n) is 9.43. The number of hydrogen-bond acceptors (Lipinski definition) is 3. The molecular weight excluding hydrogens is 607 g/mol. The van der Waals surface area contributed by atoms with Gasteiger partial charge in [0.15, 0.2) is 17.5 Å². The quantitative estimate of drug-likeness (QED) is 0.181. The number of benzene rings is 7. The molecule has 3 heteroatoms. The minimum absolute atomic E-state index is 0. The molecule has 238 valence electrons. The van der Waals surface area contributed by atoms with Gasteiger partial charge < -0.3 is 0 Å². The maximum absolute atomic E-state index is 5.06. The predicted octanol–water partition coefficient (Wildman–Crippen LogP) is 12.1. The van der Waals surface area contributed by atoms with E-state index in [9.17, 15) is 0 Å². The van der Waals surface area contributed by atoms with Crippen molar-refractivity contribution < 1.29 is 0 Å². The second-order valence-electron chi connectivity index (χ2n) is 12.4. The van der Waals surface area contributed by atoms with Crippen LogP contribution >= 0.6 is 0 Å². The first kappa shape index (κ1) is 30.9. The molecule has 0 N–H and O–H groups in total. The average molecular weight is 642 g/mol. The van der Waals surface area contributed by atoms with Gasteiger partial charge in [0.1, 0.15) is 0 Å². The van der Waals surface area contributed by atoms with E-state index in [1.807, 2.05) is 36.4 Å². The molecule has 9 rings (SSSR count). The van der Waals surface area contributed by atoms with E-state index in [1.54, 1.807) is 0 Å². The Kier molecular flexibility index (Phi) is 8.16. The van der Waals surface area contributed by atoms with Gasteiger partial charge >= 0.3 is 0 Å². The molecule has 0 atom stereocenters.